The number of hydrogen-bond acceptors (Lipinski definition) is 3. The summed E-state index contributed by atoms with van der Waals surface area (Å²) in [6, 6.07) is 7.36. The highest BCUT2D eigenvalue weighted by molar-refractivity contribution is 7.80. The minimum Gasteiger partial charge on any atom is -0.389 e. The maximum Gasteiger partial charge on any atom is 0.238 e. The predicted molar refractivity (Wildman–Crippen MR) is 85.8 cm³/mol. The molecular formula is C15H21N3OS. The molecule has 5 heteroatoms. The second-order valence-corrected chi connectivity index (χ2v) is 5.70. The van der Waals surface area contributed by atoms with Gasteiger partial charge in [-0.1, -0.05) is 37.7 Å². The molecule has 20 heavy (non-hydrogen) atoms. The van der Waals surface area contributed by atoms with Gasteiger partial charge in [0, 0.05) is 12.1 Å². The topological polar surface area (TPSA) is 58.4 Å². The van der Waals surface area contributed by atoms with Crippen molar-refractivity contribution in [3.05, 3.63) is 29.8 Å². The first-order valence-electron chi connectivity index (χ1n) is 7.01. The molecule has 108 valence electrons. The van der Waals surface area contributed by atoms with Gasteiger partial charge in [0.05, 0.1) is 12.2 Å². The van der Waals surface area contributed by atoms with E-state index < -0.39 is 0 Å². The molecule has 1 heterocycles. The quantitative estimate of drug-likeness (QED) is 0.815. The van der Waals surface area contributed by atoms with Crippen molar-refractivity contribution in [1.82, 2.24) is 4.90 Å². The molecule has 0 radical (unpaired) electrons. The van der Waals surface area contributed by atoms with Gasteiger partial charge in [-0.05, 0) is 31.0 Å². The lowest BCUT2D eigenvalue weighted by Gasteiger charge is -2.16. The van der Waals surface area contributed by atoms with Crippen LogP contribution in [0.4, 0.5) is 5.69 Å². The third-order valence-corrected chi connectivity index (χ3v) is 4.00. The molecule has 1 aliphatic rings. The zero-order valence-electron chi connectivity index (χ0n) is 11.8. The lowest BCUT2D eigenvalue weighted by molar-refractivity contribution is -0.117. The number of carbonyl (C=O) groups is 1. The molecule has 3 N–H and O–H groups in total. The Kier molecular flexibility index (Phi) is 5.09. The number of likely N-dealkylation sites (tertiary alicyclic amines) is 1. The second-order valence-electron chi connectivity index (χ2n) is 5.26. The fraction of sp³-hybridized carbons (Fsp3) is 0.467. The normalized spacial score (nSPS) is 18.9. The van der Waals surface area contributed by atoms with Gasteiger partial charge < -0.3 is 11.1 Å². The molecule has 1 aromatic carbocycles. The van der Waals surface area contributed by atoms with Gasteiger partial charge in [-0.25, -0.2) is 0 Å². The van der Waals surface area contributed by atoms with Crippen LogP contribution in [0.2, 0.25) is 0 Å². The monoisotopic (exact) mass is 291 g/mol. The van der Waals surface area contributed by atoms with Crippen molar-refractivity contribution in [3.8, 4) is 0 Å². The third-order valence-electron chi connectivity index (χ3n) is 3.78. The van der Waals surface area contributed by atoms with Gasteiger partial charge in [0.2, 0.25) is 5.91 Å². The average Bonchev–Trinajstić information content (AvgIpc) is 2.86. The predicted octanol–water partition coefficient (Wildman–Crippen LogP) is 1.99. The summed E-state index contributed by atoms with van der Waals surface area (Å²) in [6.45, 7) is 4.65. The van der Waals surface area contributed by atoms with Gasteiger partial charge in [0.1, 0.15) is 4.99 Å². The maximum atomic E-state index is 12.1. The number of rotatable bonds is 5. The van der Waals surface area contributed by atoms with Crippen molar-refractivity contribution in [2.45, 2.75) is 19.8 Å². The van der Waals surface area contributed by atoms with Crippen molar-refractivity contribution >= 4 is 28.8 Å². The molecule has 1 unspecified atom stereocenters. The van der Waals surface area contributed by atoms with Gasteiger partial charge in [-0.2, -0.15) is 0 Å². The van der Waals surface area contributed by atoms with E-state index in [-0.39, 0.29) is 5.91 Å². The molecule has 1 saturated heterocycles. The van der Waals surface area contributed by atoms with Crippen LogP contribution >= 0.6 is 12.2 Å². The van der Waals surface area contributed by atoms with E-state index in [4.69, 9.17) is 18.0 Å². The summed E-state index contributed by atoms with van der Waals surface area (Å²) in [5.41, 5.74) is 7.06. The summed E-state index contributed by atoms with van der Waals surface area (Å²) >= 11 is 4.99. The van der Waals surface area contributed by atoms with Crippen molar-refractivity contribution in [2.24, 2.45) is 11.7 Å². The number of hydrogen-bond donors (Lipinski definition) is 2. The van der Waals surface area contributed by atoms with E-state index in [1.807, 2.05) is 24.3 Å². The van der Waals surface area contributed by atoms with Gasteiger partial charge in [0.25, 0.3) is 0 Å². The number of anilines is 1. The molecule has 0 bridgehead atoms. The molecule has 0 aromatic heterocycles. The standard InChI is InChI=1S/C15H21N3OS/c1-2-11-7-8-18(9-11)10-14(19)17-13-6-4-3-5-12(13)15(16)20/h3-6,11H,2,7-10H2,1H3,(H2,16,20)(H,17,19). The zero-order chi connectivity index (χ0) is 14.5. The fourth-order valence-electron chi connectivity index (χ4n) is 2.59. The maximum absolute atomic E-state index is 12.1. The smallest absolute Gasteiger partial charge is 0.238 e. The third kappa shape index (κ3) is 3.77. The van der Waals surface area contributed by atoms with Crippen LogP contribution in [0.15, 0.2) is 24.3 Å². The van der Waals surface area contributed by atoms with E-state index in [9.17, 15) is 4.79 Å². The molecule has 4 nitrogen and oxygen atoms in total. The Bertz CT molecular complexity index is 504. The van der Waals surface area contributed by atoms with Gasteiger partial charge in [-0.15, -0.1) is 0 Å². The summed E-state index contributed by atoms with van der Waals surface area (Å²) in [7, 11) is 0. The molecule has 0 aliphatic carbocycles. The van der Waals surface area contributed by atoms with Crippen LogP contribution in [0, 0.1) is 5.92 Å². The van der Waals surface area contributed by atoms with E-state index in [0.717, 1.165) is 19.0 Å². The molecule has 1 aromatic rings. The summed E-state index contributed by atoms with van der Waals surface area (Å²) in [5.74, 6) is 0.720. The Hall–Kier alpha value is -1.46. The van der Waals surface area contributed by atoms with Crippen molar-refractivity contribution in [2.75, 3.05) is 25.0 Å². The summed E-state index contributed by atoms with van der Waals surface area (Å²) in [6.07, 6.45) is 2.37. The SMILES string of the molecule is CCC1CCN(CC(=O)Nc2ccccc2C(N)=S)C1. The van der Waals surface area contributed by atoms with E-state index in [0.29, 0.717) is 22.8 Å². The number of para-hydroxylation sites is 1. The minimum absolute atomic E-state index is 0.00884. The Labute approximate surface area is 125 Å². The average molecular weight is 291 g/mol. The highest BCUT2D eigenvalue weighted by Crippen LogP contribution is 2.19. The Balaban J connectivity index is 1.94. The highest BCUT2D eigenvalue weighted by atomic mass is 32.1. The number of nitrogens with two attached hydrogens (primary N) is 1. The van der Waals surface area contributed by atoms with Crippen molar-refractivity contribution in [3.63, 3.8) is 0 Å². The first-order chi connectivity index (χ1) is 9.60. The van der Waals surface area contributed by atoms with Crippen LogP contribution in [0.3, 0.4) is 0 Å². The Morgan fingerprint density at radius 1 is 1.50 bits per heavy atom. The van der Waals surface area contributed by atoms with Crippen LogP contribution in [0.25, 0.3) is 0 Å². The van der Waals surface area contributed by atoms with Crippen LogP contribution in [-0.4, -0.2) is 35.4 Å². The lowest BCUT2D eigenvalue weighted by atomic mass is 10.1. The Morgan fingerprint density at radius 3 is 2.90 bits per heavy atom. The molecule has 0 spiro atoms. The molecule has 2 rings (SSSR count). The molecule has 1 aliphatic heterocycles. The number of amides is 1. The Morgan fingerprint density at radius 2 is 2.25 bits per heavy atom. The minimum atomic E-state index is -0.00884. The van der Waals surface area contributed by atoms with E-state index >= 15 is 0 Å². The van der Waals surface area contributed by atoms with Gasteiger partial charge in [0.15, 0.2) is 0 Å². The van der Waals surface area contributed by atoms with E-state index in [1.165, 1.54) is 12.8 Å². The molecular weight excluding hydrogens is 270 g/mol. The van der Waals surface area contributed by atoms with E-state index in [2.05, 4.69) is 17.1 Å². The van der Waals surface area contributed by atoms with Crippen LogP contribution < -0.4 is 11.1 Å². The van der Waals surface area contributed by atoms with Crippen LogP contribution in [-0.2, 0) is 4.79 Å². The molecule has 0 saturated carbocycles. The van der Waals surface area contributed by atoms with Gasteiger partial charge >= 0.3 is 0 Å². The van der Waals surface area contributed by atoms with Crippen LogP contribution in [0.1, 0.15) is 25.3 Å². The van der Waals surface area contributed by atoms with Crippen molar-refractivity contribution in [1.29, 1.82) is 0 Å². The largest absolute Gasteiger partial charge is 0.389 e. The number of carbonyl (C=O) groups excluding carboxylic acids is 1. The highest BCUT2D eigenvalue weighted by Gasteiger charge is 2.22. The zero-order valence-corrected chi connectivity index (χ0v) is 12.6. The molecule has 1 fully saturated rings. The lowest BCUT2D eigenvalue weighted by Crippen LogP contribution is -2.32. The summed E-state index contributed by atoms with van der Waals surface area (Å²) in [5, 5.41) is 2.90. The number of thiocarbonyl (C=S) groups is 1. The second kappa shape index (κ2) is 6.81. The first kappa shape index (κ1) is 14.9. The van der Waals surface area contributed by atoms with Crippen molar-refractivity contribution < 1.29 is 4.79 Å². The number of benzene rings is 1. The first-order valence-corrected chi connectivity index (χ1v) is 7.42. The fourth-order valence-corrected chi connectivity index (χ4v) is 2.77. The van der Waals surface area contributed by atoms with Gasteiger partial charge in [-0.3, -0.25) is 9.69 Å². The molecule has 1 atom stereocenters. The number of nitrogens with zero attached hydrogens (tertiary/aromatic N) is 1. The van der Waals surface area contributed by atoms with E-state index in [1.54, 1.807) is 0 Å². The summed E-state index contributed by atoms with van der Waals surface area (Å²) < 4.78 is 0. The number of nitrogens with one attached hydrogen (secondary N) is 1. The summed E-state index contributed by atoms with van der Waals surface area (Å²) in [4.78, 5) is 14.6. The molecule has 1 amide bonds. The van der Waals surface area contributed by atoms with Crippen LogP contribution in [0.5, 0.6) is 0 Å².